The lowest BCUT2D eigenvalue weighted by Gasteiger charge is -2.13. The molecule has 3 rings (SSSR count). The van der Waals surface area contributed by atoms with Crippen LogP contribution < -0.4 is 5.32 Å². The van der Waals surface area contributed by atoms with Crippen LogP contribution in [0.2, 0.25) is 0 Å². The summed E-state index contributed by atoms with van der Waals surface area (Å²) in [6.45, 7) is 0. The summed E-state index contributed by atoms with van der Waals surface area (Å²) < 4.78 is 0. The predicted octanol–water partition coefficient (Wildman–Crippen LogP) is 2.82. The number of fused-ring (bicyclic) bond motifs is 1. The Bertz CT molecular complexity index is 690. The Morgan fingerprint density at radius 3 is 2.57 bits per heavy atom. The van der Waals surface area contributed by atoms with Crippen molar-refractivity contribution in [1.82, 2.24) is 5.32 Å². The number of carbonyl (C=O) groups is 2. The SMILES string of the molecule is O=C(N[C@@H]1CC[C@H](C(=O)O)C1)c1cccc2ccccc12. The molecule has 0 heterocycles. The number of aliphatic carboxylic acids is 1. The fraction of sp³-hybridized carbons (Fsp3) is 0.294. The molecule has 0 bridgehead atoms. The topological polar surface area (TPSA) is 66.4 Å². The van der Waals surface area contributed by atoms with Crippen LogP contribution >= 0.6 is 0 Å². The number of carboxylic acid groups (broad SMARTS) is 1. The van der Waals surface area contributed by atoms with Crippen molar-refractivity contribution >= 4 is 22.6 Å². The smallest absolute Gasteiger partial charge is 0.306 e. The van der Waals surface area contributed by atoms with Crippen LogP contribution in [0.15, 0.2) is 42.5 Å². The Hall–Kier alpha value is -2.36. The third-order valence-corrected chi connectivity index (χ3v) is 4.15. The molecule has 1 amide bonds. The fourth-order valence-corrected chi connectivity index (χ4v) is 3.02. The first-order valence-electron chi connectivity index (χ1n) is 7.16. The molecule has 21 heavy (non-hydrogen) atoms. The summed E-state index contributed by atoms with van der Waals surface area (Å²) in [5, 5.41) is 13.9. The van der Waals surface area contributed by atoms with E-state index < -0.39 is 5.97 Å². The molecule has 0 aliphatic heterocycles. The maximum atomic E-state index is 12.4. The summed E-state index contributed by atoms with van der Waals surface area (Å²) >= 11 is 0. The first-order chi connectivity index (χ1) is 10.1. The first-order valence-corrected chi connectivity index (χ1v) is 7.16. The molecule has 0 aromatic heterocycles. The molecule has 0 spiro atoms. The summed E-state index contributed by atoms with van der Waals surface area (Å²) in [5.74, 6) is -1.22. The van der Waals surface area contributed by atoms with Gasteiger partial charge >= 0.3 is 5.97 Å². The Morgan fingerprint density at radius 1 is 1.05 bits per heavy atom. The predicted molar refractivity (Wildman–Crippen MR) is 80.2 cm³/mol. The standard InChI is InChI=1S/C17H17NO3/c19-16(18-13-9-8-12(10-13)17(20)21)15-7-3-5-11-4-1-2-6-14(11)15/h1-7,12-13H,8-10H2,(H,18,19)(H,20,21)/t12-,13+/m0/s1. The van der Waals surface area contributed by atoms with Gasteiger partial charge in [-0.2, -0.15) is 0 Å². The fourth-order valence-electron chi connectivity index (χ4n) is 3.02. The first kappa shape index (κ1) is 13.6. The van der Waals surface area contributed by atoms with Crippen LogP contribution in [0.1, 0.15) is 29.6 Å². The van der Waals surface area contributed by atoms with E-state index in [2.05, 4.69) is 5.32 Å². The molecule has 4 nitrogen and oxygen atoms in total. The summed E-state index contributed by atoms with van der Waals surface area (Å²) in [6, 6.07) is 13.4. The summed E-state index contributed by atoms with van der Waals surface area (Å²) in [7, 11) is 0. The van der Waals surface area contributed by atoms with Gasteiger partial charge in [0, 0.05) is 11.6 Å². The maximum absolute atomic E-state index is 12.4. The zero-order chi connectivity index (χ0) is 14.8. The zero-order valence-corrected chi connectivity index (χ0v) is 11.6. The van der Waals surface area contributed by atoms with E-state index >= 15 is 0 Å². The second kappa shape index (κ2) is 5.56. The normalized spacial score (nSPS) is 21.3. The molecule has 4 heteroatoms. The number of carboxylic acids is 1. The molecule has 1 fully saturated rings. The lowest BCUT2D eigenvalue weighted by atomic mass is 10.0. The number of amides is 1. The average molecular weight is 283 g/mol. The van der Waals surface area contributed by atoms with Gasteiger partial charge in [-0.3, -0.25) is 9.59 Å². The van der Waals surface area contributed by atoms with Crippen molar-refractivity contribution in [3.05, 3.63) is 48.0 Å². The van der Waals surface area contributed by atoms with Gasteiger partial charge in [0.1, 0.15) is 0 Å². The number of hydrogen-bond donors (Lipinski definition) is 2. The van der Waals surface area contributed by atoms with Gasteiger partial charge in [0.25, 0.3) is 5.91 Å². The molecular weight excluding hydrogens is 266 g/mol. The second-order valence-electron chi connectivity index (χ2n) is 5.55. The number of hydrogen-bond acceptors (Lipinski definition) is 2. The minimum atomic E-state index is -0.767. The van der Waals surface area contributed by atoms with Gasteiger partial charge in [-0.05, 0) is 36.1 Å². The van der Waals surface area contributed by atoms with E-state index in [1.807, 2.05) is 36.4 Å². The van der Waals surface area contributed by atoms with Crippen LogP contribution in [-0.4, -0.2) is 23.0 Å². The molecule has 2 aromatic rings. The molecule has 0 unspecified atom stereocenters. The van der Waals surface area contributed by atoms with Crippen molar-refractivity contribution in [3.63, 3.8) is 0 Å². The minimum Gasteiger partial charge on any atom is -0.481 e. The summed E-state index contributed by atoms with van der Waals surface area (Å²) in [6.07, 6.45) is 1.88. The number of rotatable bonds is 3. The molecule has 1 saturated carbocycles. The molecule has 1 aliphatic carbocycles. The zero-order valence-electron chi connectivity index (χ0n) is 11.6. The van der Waals surface area contributed by atoms with Crippen molar-refractivity contribution in [3.8, 4) is 0 Å². The summed E-state index contributed by atoms with van der Waals surface area (Å²) in [5.41, 5.74) is 0.645. The third-order valence-electron chi connectivity index (χ3n) is 4.15. The van der Waals surface area contributed by atoms with Crippen LogP contribution in [0.25, 0.3) is 10.8 Å². The number of carbonyl (C=O) groups excluding carboxylic acids is 1. The average Bonchev–Trinajstić information content (AvgIpc) is 2.95. The summed E-state index contributed by atoms with van der Waals surface area (Å²) in [4.78, 5) is 23.4. The number of nitrogens with one attached hydrogen (secondary N) is 1. The van der Waals surface area contributed by atoms with E-state index in [0.717, 1.165) is 17.2 Å². The van der Waals surface area contributed by atoms with E-state index in [0.29, 0.717) is 18.4 Å². The molecule has 0 radical (unpaired) electrons. The maximum Gasteiger partial charge on any atom is 0.306 e. The van der Waals surface area contributed by atoms with Crippen LogP contribution in [0.4, 0.5) is 0 Å². The van der Waals surface area contributed by atoms with Gasteiger partial charge in [-0.15, -0.1) is 0 Å². The van der Waals surface area contributed by atoms with Crippen molar-refractivity contribution in [2.75, 3.05) is 0 Å². The molecule has 1 aliphatic rings. The van der Waals surface area contributed by atoms with Crippen molar-refractivity contribution in [2.24, 2.45) is 5.92 Å². The largest absolute Gasteiger partial charge is 0.481 e. The highest BCUT2D eigenvalue weighted by Gasteiger charge is 2.30. The number of benzene rings is 2. The molecule has 0 saturated heterocycles. The van der Waals surface area contributed by atoms with E-state index in [1.54, 1.807) is 6.07 Å². The Balaban J connectivity index is 1.78. The molecular formula is C17H17NO3. The van der Waals surface area contributed by atoms with Crippen LogP contribution in [-0.2, 0) is 4.79 Å². The highest BCUT2D eigenvalue weighted by Crippen LogP contribution is 2.26. The Kier molecular flexibility index (Phi) is 3.60. The highest BCUT2D eigenvalue weighted by molar-refractivity contribution is 6.07. The molecule has 2 atom stereocenters. The Labute approximate surface area is 122 Å². The monoisotopic (exact) mass is 283 g/mol. The van der Waals surface area contributed by atoms with Gasteiger partial charge in [0.15, 0.2) is 0 Å². The van der Waals surface area contributed by atoms with Crippen molar-refractivity contribution < 1.29 is 14.7 Å². The van der Waals surface area contributed by atoms with Gasteiger partial charge in [0.2, 0.25) is 0 Å². The van der Waals surface area contributed by atoms with Crippen molar-refractivity contribution in [2.45, 2.75) is 25.3 Å². The minimum absolute atomic E-state index is 0.0439. The molecule has 2 aromatic carbocycles. The van der Waals surface area contributed by atoms with Crippen molar-refractivity contribution in [1.29, 1.82) is 0 Å². The van der Waals surface area contributed by atoms with E-state index in [-0.39, 0.29) is 17.9 Å². The van der Waals surface area contributed by atoms with E-state index in [1.165, 1.54) is 0 Å². The molecule has 108 valence electrons. The van der Waals surface area contributed by atoms with Gasteiger partial charge in [-0.25, -0.2) is 0 Å². The second-order valence-corrected chi connectivity index (χ2v) is 5.55. The van der Waals surface area contributed by atoms with Gasteiger partial charge in [-0.1, -0.05) is 36.4 Å². The van der Waals surface area contributed by atoms with E-state index in [4.69, 9.17) is 5.11 Å². The van der Waals surface area contributed by atoms with Crippen LogP contribution in [0.5, 0.6) is 0 Å². The lowest BCUT2D eigenvalue weighted by molar-refractivity contribution is -0.141. The Morgan fingerprint density at radius 2 is 1.81 bits per heavy atom. The van der Waals surface area contributed by atoms with E-state index in [9.17, 15) is 9.59 Å². The quantitative estimate of drug-likeness (QED) is 0.910. The third kappa shape index (κ3) is 2.75. The van der Waals surface area contributed by atoms with Gasteiger partial charge in [0.05, 0.1) is 5.92 Å². The lowest BCUT2D eigenvalue weighted by Crippen LogP contribution is -2.33. The van der Waals surface area contributed by atoms with Crippen LogP contribution in [0, 0.1) is 5.92 Å². The van der Waals surface area contributed by atoms with Crippen LogP contribution in [0.3, 0.4) is 0 Å². The van der Waals surface area contributed by atoms with Gasteiger partial charge < -0.3 is 10.4 Å². The molecule has 2 N–H and O–H groups in total. The highest BCUT2D eigenvalue weighted by atomic mass is 16.4.